The van der Waals surface area contributed by atoms with Crippen molar-refractivity contribution < 1.29 is 17.6 Å². The fraction of sp³-hybridized carbons (Fsp3) is 0.750. The van der Waals surface area contributed by atoms with E-state index in [2.05, 4.69) is 15.5 Å². The molecule has 92 valence electrons. The summed E-state index contributed by atoms with van der Waals surface area (Å²) in [6.45, 7) is 0.642. The summed E-state index contributed by atoms with van der Waals surface area (Å²) in [5.74, 6) is 0.256. The average molecular weight is 238 g/mol. The van der Waals surface area contributed by atoms with Crippen LogP contribution in [0.3, 0.4) is 0 Å². The van der Waals surface area contributed by atoms with Crippen LogP contribution in [0.15, 0.2) is 4.42 Å². The Bertz CT molecular complexity index is 338. The standard InChI is InChI=1S/C8H13F3N4O/c1-5(12-2)6-13-14-7(16-6)15(3)4-8(9,10)11/h5,12H,4H2,1-3H3. The van der Waals surface area contributed by atoms with E-state index >= 15 is 0 Å². The van der Waals surface area contributed by atoms with E-state index in [9.17, 15) is 13.2 Å². The molecule has 0 bridgehead atoms. The summed E-state index contributed by atoms with van der Waals surface area (Å²) in [7, 11) is 2.93. The van der Waals surface area contributed by atoms with Crippen molar-refractivity contribution in [3.63, 3.8) is 0 Å². The molecule has 1 aromatic rings. The van der Waals surface area contributed by atoms with Gasteiger partial charge in [-0.2, -0.15) is 13.2 Å². The maximum Gasteiger partial charge on any atom is 0.406 e. The highest BCUT2D eigenvalue weighted by molar-refractivity contribution is 5.22. The van der Waals surface area contributed by atoms with E-state index in [1.54, 1.807) is 14.0 Å². The van der Waals surface area contributed by atoms with Gasteiger partial charge in [0.25, 0.3) is 0 Å². The van der Waals surface area contributed by atoms with Gasteiger partial charge in [0, 0.05) is 7.05 Å². The molecule has 0 saturated carbocycles. The average Bonchev–Trinajstić information content (AvgIpc) is 2.62. The minimum absolute atomic E-state index is 0.144. The molecule has 5 nitrogen and oxygen atoms in total. The number of rotatable bonds is 4. The second-order valence-corrected chi connectivity index (χ2v) is 3.40. The quantitative estimate of drug-likeness (QED) is 0.858. The van der Waals surface area contributed by atoms with Gasteiger partial charge in [-0.15, -0.1) is 5.10 Å². The Morgan fingerprint density at radius 1 is 1.44 bits per heavy atom. The van der Waals surface area contributed by atoms with Gasteiger partial charge >= 0.3 is 12.2 Å². The lowest BCUT2D eigenvalue weighted by Crippen LogP contribution is -2.31. The van der Waals surface area contributed by atoms with Crippen molar-refractivity contribution in [1.82, 2.24) is 15.5 Å². The SMILES string of the molecule is CNC(C)c1nnc(N(C)CC(F)(F)F)o1. The van der Waals surface area contributed by atoms with Gasteiger partial charge in [0.2, 0.25) is 5.89 Å². The predicted octanol–water partition coefficient (Wildman–Crippen LogP) is 1.35. The molecular formula is C8H13F3N4O. The fourth-order valence-corrected chi connectivity index (χ4v) is 1.02. The van der Waals surface area contributed by atoms with Gasteiger partial charge in [-0.25, -0.2) is 0 Å². The highest BCUT2D eigenvalue weighted by Gasteiger charge is 2.31. The molecule has 0 saturated heterocycles. The maximum absolute atomic E-state index is 12.1. The molecule has 1 rings (SSSR count). The Hall–Kier alpha value is -1.31. The van der Waals surface area contributed by atoms with Gasteiger partial charge in [-0.1, -0.05) is 5.10 Å². The molecule has 0 radical (unpaired) electrons. The zero-order valence-electron chi connectivity index (χ0n) is 9.17. The summed E-state index contributed by atoms with van der Waals surface area (Å²) in [5, 5.41) is 10.0. The van der Waals surface area contributed by atoms with E-state index in [0.29, 0.717) is 0 Å². The first kappa shape index (κ1) is 12.8. The third kappa shape index (κ3) is 3.37. The Morgan fingerprint density at radius 3 is 2.56 bits per heavy atom. The molecule has 1 aromatic heterocycles. The zero-order valence-corrected chi connectivity index (χ0v) is 9.17. The molecule has 0 fully saturated rings. The minimum Gasteiger partial charge on any atom is -0.406 e. The molecule has 1 atom stereocenters. The molecule has 1 unspecified atom stereocenters. The van der Waals surface area contributed by atoms with Crippen molar-refractivity contribution in [1.29, 1.82) is 0 Å². The summed E-state index contributed by atoms with van der Waals surface area (Å²) in [4.78, 5) is 0.860. The molecule has 0 spiro atoms. The molecule has 1 N–H and O–H groups in total. The first-order valence-electron chi connectivity index (χ1n) is 4.62. The van der Waals surface area contributed by atoms with E-state index in [-0.39, 0.29) is 17.9 Å². The number of hydrogen-bond acceptors (Lipinski definition) is 5. The molecule has 16 heavy (non-hydrogen) atoms. The van der Waals surface area contributed by atoms with E-state index in [1.165, 1.54) is 7.05 Å². The summed E-state index contributed by atoms with van der Waals surface area (Å²) < 4.78 is 41.3. The van der Waals surface area contributed by atoms with Crippen molar-refractivity contribution in [2.75, 3.05) is 25.5 Å². The second kappa shape index (κ2) is 4.69. The third-order valence-corrected chi connectivity index (χ3v) is 1.98. The largest absolute Gasteiger partial charge is 0.406 e. The summed E-state index contributed by atoms with van der Waals surface area (Å²) in [6, 6.07) is -0.338. The lowest BCUT2D eigenvalue weighted by molar-refractivity contribution is -0.119. The Morgan fingerprint density at radius 2 is 2.06 bits per heavy atom. The Kier molecular flexibility index (Phi) is 3.74. The number of nitrogens with one attached hydrogen (secondary N) is 1. The van der Waals surface area contributed by atoms with Crippen LogP contribution in [0.1, 0.15) is 18.9 Å². The molecule has 0 aliphatic heterocycles. The van der Waals surface area contributed by atoms with Crippen LogP contribution >= 0.6 is 0 Å². The number of nitrogens with zero attached hydrogens (tertiary/aromatic N) is 3. The monoisotopic (exact) mass is 238 g/mol. The van der Waals surface area contributed by atoms with Crippen LogP contribution in [-0.4, -0.2) is 37.0 Å². The van der Waals surface area contributed by atoms with Crippen LogP contribution in [0, 0.1) is 0 Å². The third-order valence-electron chi connectivity index (χ3n) is 1.98. The minimum atomic E-state index is -4.29. The molecular weight excluding hydrogens is 225 g/mol. The topological polar surface area (TPSA) is 54.2 Å². The van der Waals surface area contributed by atoms with E-state index in [4.69, 9.17) is 4.42 Å². The molecule has 1 heterocycles. The van der Waals surface area contributed by atoms with Crippen LogP contribution in [0.5, 0.6) is 0 Å². The van der Waals surface area contributed by atoms with Crippen molar-refractivity contribution in [3.05, 3.63) is 5.89 Å². The van der Waals surface area contributed by atoms with Crippen LogP contribution in [0.2, 0.25) is 0 Å². The number of anilines is 1. The van der Waals surface area contributed by atoms with E-state index in [0.717, 1.165) is 4.90 Å². The molecule has 0 aliphatic carbocycles. The van der Waals surface area contributed by atoms with Crippen LogP contribution in [0.25, 0.3) is 0 Å². The summed E-state index contributed by atoms with van der Waals surface area (Å²) in [6.07, 6.45) is -4.29. The zero-order chi connectivity index (χ0) is 12.3. The van der Waals surface area contributed by atoms with Crippen molar-refractivity contribution in [2.45, 2.75) is 19.1 Å². The fourth-order valence-electron chi connectivity index (χ4n) is 1.02. The van der Waals surface area contributed by atoms with Crippen molar-refractivity contribution in [3.8, 4) is 0 Å². The normalized spacial score (nSPS) is 13.9. The number of halogens is 3. The lowest BCUT2D eigenvalue weighted by Gasteiger charge is -2.15. The van der Waals surface area contributed by atoms with Gasteiger partial charge in [0.05, 0.1) is 6.04 Å². The van der Waals surface area contributed by atoms with Crippen LogP contribution in [-0.2, 0) is 0 Å². The Balaban J connectivity index is 2.70. The highest BCUT2D eigenvalue weighted by atomic mass is 19.4. The summed E-state index contributed by atoms with van der Waals surface area (Å²) in [5.41, 5.74) is 0. The lowest BCUT2D eigenvalue weighted by atomic mass is 10.3. The van der Waals surface area contributed by atoms with Crippen LogP contribution in [0.4, 0.5) is 19.2 Å². The van der Waals surface area contributed by atoms with Gasteiger partial charge in [-0.05, 0) is 14.0 Å². The first-order valence-corrected chi connectivity index (χ1v) is 4.62. The highest BCUT2D eigenvalue weighted by Crippen LogP contribution is 2.21. The van der Waals surface area contributed by atoms with Gasteiger partial charge < -0.3 is 14.6 Å². The van der Waals surface area contributed by atoms with Gasteiger partial charge in [0.1, 0.15) is 6.54 Å². The number of hydrogen-bond donors (Lipinski definition) is 1. The van der Waals surface area contributed by atoms with E-state index in [1.807, 2.05) is 0 Å². The van der Waals surface area contributed by atoms with Crippen LogP contribution < -0.4 is 10.2 Å². The first-order chi connectivity index (χ1) is 7.33. The summed E-state index contributed by atoms with van der Waals surface area (Å²) >= 11 is 0. The second-order valence-electron chi connectivity index (χ2n) is 3.40. The van der Waals surface area contributed by atoms with Gasteiger partial charge in [-0.3, -0.25) is 0 Å². The number of alkyl halides is 3. The van der Waals surface area contributed by atoms with Crippen molar-refractivity contribution >= 4 is 6.01 Å². The Labute approximate surface area is 90.6 Å². The molecule has 8 heteroatoms. The molecule has 0 aromatic carbocycles. The van der Waals surface area contributed by atoms with Gasteiger partial charge in [0.15, 0.2) is 0 Å². The maximum atomic E-state index is 12.1. The molecule has 0 amide bonds. The molecule has 0 aliphatic rings. The number of aromatic nitrogens is 2. The van der Waals surface area contributed by atoms with Crippen molar-refractivity contribution in [2.24, 2.45) is 0 Å². The van der Waals surface area contributed by atoms with E-state index < -0.39 is 12.7 Å². The predicted molar refractivity (Wildman–Crippen MR) is 51.1 cm³/mol. The smallest absolute Gasteiger partial charge is 0.406 e.